The lowest BCUT2D eigenvalue weighted by atomic mass is 10.1. The normalized spacial score (nSPS) is 19.9. The average molecular weight is 394 g/mol. The van der Waals surface area contributed by atoms with E-state index in [1.165, 1.54) is 0 Å². The number of nitrogens with zero attached hydrogens (tertiary/aromatic N) is 2. The summed E-state index contributed by atoms with van der Waals surface area (Å²) in [7, 11) is 3.43. The Balaban J connectivity index is 2.01. The fraction of sp³-hybridized carbons (Fsp3) is 0.600. The van der Waals surface area contributed by atoms with Crippen LogP contribution in [0.15, 0.2) is 24.3 Å². The Kier molecular flexibility index (Phi) is 7.03. The van der Waals surface area contributed by atoms with E-state index in [0.29, 0.717) is 13.1 Å². The lowest BCUT2D eigenvalue weighted by Crippen LogP contribution is -2.47. The Morgan fingerprint density at radius 2 is 2.00 bits per heavy atom. The van der Waals surface area contributed by atoms with E-state index in [9.17, 15) is 9.59 Å². The van der Waals surface area contributed by atoms with E-state index in [1.807, 2.05) is 56.9 Å². The van der Waals surface area contributed by atoms with Crippen LogP contribution in [0.2, 0.25) is 0 Å². The monoisotopic (exact) mass is 393 g/mol. The molecule has 1 saturated heterocycles. The van der Waals surface area contributed by atoms with Crippen LogP contribution in [-0.4, -0.2) is 59.8 Å². The first-order valence-electron chi connectivity index (χ1n) is 9.26. The van der Waals surface area contributed by atoms with Crippen molar-refractivity contribution >= 4 is 23.7 Å². The van der Waals surface area contributed by atoms with Crippen molar-refractivity contribution in [2.45, 2.75) is 50.3 Å². The zero-order valence-corrected chi connectivity index (χ0v) is 17.9. The first kappa shape index (κ1) is 21.4. The Morgan fingerprint density at radius 3 is 2.63 bits per heavy atom. The van der Waals surface area contributed by atoms with Gasteiger partial charge in [0.25, 0.3) is 0 Å². The van der Waals surface area contributed by atoms with Crippen LogP contribution in [0.1, 0.15) is 45.1 Å². The van der Waals surface area contributed by atoms with Gasteiger partial charge in [-0.1, -0.05) is 18.2 Å². The summed E-state index contributed by atoms with van der Waals surface area (Å²) in [4.78, 5) is 28.4. The summed E-state index contributed by atoms with van der Waals surface area (Å²) >= 11 is 1.64. The molecular formula is C20H31N3O3S. The van der Waals surface area contributed by atoms with Crippen molar-refractivity contribution in [3.05, 3.63) is 29.8 Å². The largest absolute Gasteiger partial charge is 0.496 e. The highest BCUT2D eigenvalue weighted by atomic mass is 32.2. The number of benzene rings is 1. The highest BCUT2D eigenvalue weighted by Crippen LogP contribution is 2.45. The molecule has 1 N–H and O–H groups in total. The van der Waals surface area contributed by atoms with E-state index >= 15 is 0 Å². The Bertz CT molecular complexity index is 675. The van der Waals surface area contributed by atoms with Crippen molar-refractivity contribution in [2.75, 3.05) is 27.2 Å². The number of carbonyl (C=O) groups is 2. The highest BCUT2D eigenvalue weighted by Gasteiger charge is 2.39. The molecule has 6 nitrogen and oxygen atoms in total. The predicted octanol–water partition coefficient (Wildman–Crippen LogP) is 3.49. The Labute approximate surface area is 166 Å². The molecule has 0 saturated carbocycles. The van der Waals surface area contributed by atoms with Crippen LogP contribution in [0.4, 0.5) is 4.79 Å². The zero-order chi connectivity index (χ0) is 20.2. The molecule has 2 atom stereocenters. The molecule has 1 aromatic carbocycles. The zero-order valence-electron chi connectivity index (χ0n) is 17.1. The van der Waals surface area contributed by atoms with Crippen LogP contribution in [-0.2, 0) is 4.79 Å². The summed E-state index contributed by atoms with van der Waals surface area (Å²) in [6, 6.07) is 7.73. The number of urea groups is 1. The summed E-state index contributed by atoms with van der Waals surface area (Å²) in [6.07, 6.45) is 0.721. The molecule has 1 heterocycles. The average Bonchev–Trinajstić information content (AvgIpc) is 2.88. The maximum atomic E-state index is 12.7. The minimum absolute atomic E-state index is 0.0580. The van der Waals surface area contributed by atoms with Crippen LogP contribution >= 0.6 is 11.8 Å². The number of ether oxygens (including phenoxy) is 1. The topological polar surface area (TPSA) is 61.9 Å². The first-order chi connectivity index (χ1) is 12.6. The summed E-state index contributed by atoms with van der Waals surface area (Å²) in [5, 5.41) is 2.81. The van der Waals surface area contributed by atoms with Gasteiger partial charge < -0.3 is 19.9 Å². The number of methoxy groups -OCH3 is 1. The van der Waals surface area contributed by atoms with Crippen molar-refractivity contribution in [3.63, 3.8) is 0 Å². The van der Waals surface area contributed by atoms with Crippen LogP contribution in [0.5, 0.6) is 5.75 Å². The van der Waals surface area contributed by atoms with Crippen LogP contribution in [0.25, 0.3) is 0 Å². The van der Waals surface area contributed by atoms with Gasteiger partial charge >= 0.3 is 6.03 Å². The van der Waals surface area contributed by atoms with Crippen LogP contribution in [0.3, 0.4) is 0 Å². The van der Waals surface area contributed by atoms with Gasteiger partial charge in [0.05, 0.1) is 12.4 Å². The molecule has 0 aromatic heterocycles. The summed E-state index contributed by atoms with van der Waals surface area (Å²) in [6.45, 7) is 9.00. The van der Waals surface area contributed by atoms with Crippen LogP contribution < -0.4 is 10.1 Å². The second-order valence-electron chi connectivity index (χ2n) is 7.86. The standard InChI is InChI=1S/C20H31N3O3S/c1-14-17(24)23(13-9-12-22(5)19(25)21-20(2,3)4)18(27-14)15-10-7-8-11-16(15)26-6/h7-8,10-11,14,18H,9,12-13H2,1-6H3,(H,21,25)/t14-,18+/m1/s1. The third-order valence-electron chi connectivity index (χ3n) is 4.37. The number of amides is 3. The number of hydrogen-bond acceptors (Lipinski definition) is 4. The molecule has 0 bridgehead atoms. The lowest BCUT2D eigenvalue weighted by molar-refractivity contribution is -0.129. The van der Waals surface area contributed by atoms with Crippen molar-refractivity contribution in [2.24, 2.45) is 0 Å². The number of para-hydroxylation sites is 1. The predicted molar refractivity (Wildman–Crippen MR) is 110 cm³/mol. The maximum Gasteiger partial charge on any atom is 0.317 e. The Morgan fingerprint density at radius 1 is 1.33 bits per heavy atom. The minimum Gasteiger partial charge on any atom is -0.496 e. The molecule has 0 spiro atoms. The number of hydrogen-bond donors (Lipinski definition) is 1. The molecule has 1 fully saturated rings. The molecule has 0 unspecified atom stereocenters. The number of carbonyl (C=O) groups excluding carboxylic acids is 2. The molecule has 2 rings (SSSR count). The third kappa shape index (κ3) is 5.54. The number of nitrogens with one attached hydrogen (secondary N) is 1. The van der Waals surface area contributed by atoms with E-state index in [4.69, 9.17) is 4.74 Å². The number of rotatable bonds is 6. The summed E-state index contributed by atoms with van der Waals surface area (Å²) in [5.41, 5.74) is 0.749. The van der Waals surface area contributed by atoms with E-state index in [0.717, 1.165) is 17.7 Å². The Hall–Kier alpha value is -1.89. The lowest BCUT2D eigenvalue weighted by Gasteiger charge is -2.28. The van der Waals surface area contributed by atoms with Crippen molar-refractivity contribution < 1.29 is 14.3 Å². The molecule has 1 aliphatic heterocycles. The second-order valence-corrected chi connectivity index (χ2v) is 9.29. The first-order valence-corrected chi connectivity index (χ1v) is 10.2. The second kappa shape index (κ2) is 8.87. The SMILES string of the molecule is COc1ccccc1[C@@H]1S[C@H](C)C(=O)N1CCCN(C)C(=O)NC(C)(C)C. The summed E-state index contributed by atoms with van der Waals surface area (Å²) in [5.74, 6) is 0.932. The van der Waals surface area contributed by atoms with Gasteiger partial charge in [-0.25, -0.2) is 4.79 Å². The quantitative estimate of drug-likeness (QED) is 0.804. The van der Waals surface area contributed by atoms with Gasteiger partial charge in [0.2, 0.25) is 5.91 Å². The van der Waals surface area contributed by atoms with E-state index in [-0.39, 0.29) is 28.1 Å². The van der Waals surface area contributed by atoms with Gasteiger partial charge in [0.15, 0.2) is 0 Å². The summed E-state index contributed by atoms with van der Waals surface area (Å²) < 4.78 is 5.48. The number of thioether (sulfide) groups is 1. The van der Waals surface area contributed by atoms with Crippen LogP contribution in [0, 0.1) is 0 Å². The molecule has 3 amide bonds. The van der Waals surface area contributed by atoms with Gasteiger partial charge in [0, 0.05) is 31.2 Å². The highest BCUT2D eigenvalue weighted by molar-refractivity contribution is 8.01. The smallest absolute Gasteiger partial charge is 0.317 e. The van der Waals surface area contributed by atoms with E-state index < -0.39 is 0 Å². The molecule has 7 heteroatoms. The molecule has 27 heavy (non-hydrogen) atoms. The molecule has 150 valence electrons. The van der Waals surface area contributed by atoms with Gasteiger partial charge in [0.1, 0.15) is 11.1 Å². The minimum atomic E-state index is -0.267. The fourth-order valence-electron chi connectivity index (χ4n) is 3.01. The van der Waals surface area contributed by atoms with Gasteiger partial charge in [-0.3, -0.25) is 4.79 Å². The molecule has 1 aromatic rings. The maximum absolute atomic E-state index is 12.7. The van der Waals surface area contributed by atoms with Gasteiger partial charge in [-0.05, 0) is 40.2 Å². The molecule has 0 aliphatic carbocycles. The van der Waals surface area contributed by atoms with E-state index in [1.54, 1.807) is 30.8 Å². The third-order valence-corrected chi connectivity index (χ3v) is 5.75. The van der Waals surface area contributed by atoms with Gasteiger partial charge in [-0.2, -0.15) is 0 Å². The molecule has 1 aliphatic rings. The van der Waals surface area contributed by atoms with Gasteiger partial charge in [-0.15, -0.1) is 11.8 Å². The molecular weight excluding hydrogens is 362 g/mol. The van der Waals surface area contributed by atoms with Crippen molar-refractivity contribution in [1.29, 1.82) is 0 Å². The van der Waals surface area contributed by atoms with E-state index in [2.05, 4.69) is 5.32 Å². The molecule has 0 radical (unpaired) electrons. The van der Waals surface area contributed by atoms with Crippen molar-refractivity contribution in [3.8, 4) is 5.75 Å². The van der Waals surface area contributed by atoms with Crippen molar-refractivity contribution in [1.82, 2.24) is 15.1 Å². The fourth-order valence-corrected chi connectivity index (χ4v) is 4.35.